The van der Waals surface area contributed by atoms with E-state index in [0.717, 1.165) is 23.4 Å². The van der Waals surface area contributed by atoms with Gasteiger partial charge in [-0.05, 0) is 35.8 Å². The second-order valence-corrected chi connectivity index (χ2v) is 3.67. The monoisotopic (exact) mass is 207 g/mol. The molecule has 14 heavy (non-hydrogen) atoms. The van der Waals surface area contributed by atoms with Crippen LogP contribution in [0.5, 0.6) is 5.75 Å². The minimum Gasteiger partial charge on any atom is -0.497 e. The molecule has 0 saturated carbocycles. The van der Waals surface area contributed by atoms with Crippen molar-refractivity contribution < 1.29 is 4.74 Å². The highest BCUT2D eigenvalue weighted by Crippen LogP contribution is 2.21. The summed E-state index contributed by atoms with van der Waals surface area (Å²) in [7, 11) is 1.68. The van der Waals surface area contributed by atoms with Crippen LogP contribution >= 0.6 is 12.6 Å². The molecule has 1 aromatic heterocycles. The van der Waals surface area contributed by atoms with Gasteiger partial charge in [0, 0.05) is 17.3 Å². The number of nitrogens with one attached hydrogen (secondary N) is 1. The number of aromatic nitrogens is 1. The van der Waals surface area contributed by atoms with Gasteiger partial charge in [-0.2, -0.15) is 12.6 Å². The Labute approximate surface area is 88.7 Å². The number of fused-ring (bicyclic) bond motifs is 1. The summed E-state index contributed by atoms with van der Waals surface area (Å²) in [4.78, 5) is 3.34. The molecule has 1 aromatic carbocycles. The summed E-state index contributed by atoms with van der Waals surface area (Å²) >= 11 is 4.21. The smallest absolute Gasteiger partial charge is 0.120 e. The van der Waals surface area contributed by atoms with Crippen LogP contribution in [-0.2, 0) is 6.42 Å². The lowest BCUT2D eigenvalue weighted by molar-refractivity contribution is 0.415. The predicted octanol–water partition coefficient (Wildman–Crippen LogP) is 2.65. The molecule has 0 aliphatic rings. The van der Waals surface area contributed by atoms with Gasteiger partial charge in [0.15, 0.2) is 0 Å². The van der Waals surface area contributed by atoms with Crippen molar-refractivity contribution in [2.24, 2.45) is 0 Å². The zero-order valence-electron chi connectivity index (χ0n) is 8.08. The molecular formula is C11H13NOS. The lowest BCUT2D eigenvalue weighted by Crippen LogP contribution is -1.84. The number of aromatic amines is 1. The van der Waals surface area contributed by atoms with Crippen molar-refractivity contribution in [1.29, 1.82) is 0 Å². The van der Waals surface area contributed by atoms with Gasteiger partial charge in [0.25, 0.3) is 0 Å². The maximum absolute atomic E-state index is 5.16. The van der Waals surface area contributed by atoms with Gasteiger partial charge < -0.3 is 9.72 Å². The normalized spacial score (nSPS) is 10.7. The molecule has 0 spiro atoms. The van der Waals surface area contributed by atoms with Gasteiger partial charge in [-0.15, -0.1) is 0 Å². The van der Waals surface area contributed by atoms with Crippen molar-refractivity contribution in [2.75, 3.05) is 12.9 Å². The highest BCUT2D eigenvalue weighted by atomic mass is 32.1. The maximum Gasteiger partial charge on any atom is 0.120 e. The molecule has 0 radical (unpaired) electrons. The Balaban J connectivity index is 2.43. The average Bonchev–Trinajstić information content (AvgIpc) is 2.59. The first-order chi connectivity index (χ1) is 6.83. The van der Waals surface area contributed by atoms with Gasteiger partial charge in [-0.1, -0.05) is 0 Å². The van der Waals surface area contributed by atoms with E-state index >= 15 is 0 Å². The van der Waals surface area contributed by atoms with Crippen LogP contribution in [0, 0.1) is 0 Å². The number of hydrogen-bond acceptors (Lipinski definition) is 2. The fourth-order valence-electron chi connectivity index (χ4n) is 1.55. The van der Waals surface area contributed by atoms with E-state index in [-0.39, 0.29) is 0 Å². The van der Waals surface area contributed by atoms with Crippen LogP contribution in [0.15, 0.2) is 24.3 Å². The fourth-order valence-corrected chi connectivity index (χ4v) is 1.79. The summed E-state index contributed by atoms with van der Waals surface area (Å²) in [5, 5.41) is 1.22. The Kier molecular flexibility index (Phi) is 2.68. The summed E-state index contributed by atoms with van der Waals surface area (Å²) in [5.41, 5.74) is 2.35. The molecule has 0 aliphatic heterocycles. The third kappa shape index (κ3) is 1.73. The number of benzene rings is 1. The first-order valence-corrected chi connectivity index (χ1v) is 5.23. The van der Waals surface area contributed by atoms with E-state index in [1.807, 2.05) is 12.1 Å². The number of H-pyrrole nitrogens is 1. The molecule has 0 atom stereocenters. The average molecular weight is 207 g/mol. The molecule has 2 aromatic rings. The molecule has 3 heteroatoms. The SMILES string of the molecule is COc1ccc2cc(CCS)[nH]c2c1. The Morgan fingerprint density at radius 2 is 2.21 bits per heavy atom. The molecular weight excluding hydrogens is 194 g/mol. The van der Waals surface area contributed by atoms with Gasteiger partial charge in [-0.3, -0.25) is 0 Å². The standard InChI is InChI=1S/C11H13NOS/c1-13-10-3-2-8-6-9(4-5-14)12-11(8)7-10/h2-3,6-7,12,14H,4-5H2,1H3. The Morgan fingerprint density at radius 1 is 1.36 bits per heavy atom. The number of aryl methyl sites for hydroxylation is 1. The summed E-state index contributed by atoms with van der Waals surface area (Å²) in [5.74, 6) is 1.75. The van der Waals surface area contributed by atoms with Crippen LogP contribution in [0.4, 0.5) is 0 Å². The van der Waals surface area contributed by atoms with E-state index in [1.54, 1.807) is 7.11 Å². The Bertz CT molecular complexity index is 436. The summed E-state index contributed by atoms with van der Waals surface area (Å²) in [6, 6.07) is 8.20. The van der Waals surface area contributed by atoms with Crippen molar-refractivity contribution in [2.45, 2.75) is 6.42 Å². The fraction of sp³-hybridized carbons (Fsp3) is 0.273. The molecule has 74 valence electrons. The third-order valence-electron chi connectivity index (χ3n) is 2.27. The molecule has 0 fully saturated rings. The zero-order chi connectivity index (χ0) is 9.97. The number of hydrogen-bond donors (Lipinski definition) is 2. The Morgan fingerprint density at radius 3 is 2.93 bits per heavy atom. The molecule has 0 amide bonds. The van der Waals surface area contributed by atoms with E-state index in [1.165, 1.54) is 11.1 Å². The van der Waals surface area contributed by atoms with E-state index in [2.05, 4.69) is 29.7 Å². The first-order valence-electron chi connectivity index (χ1n) is 4.60. The van der Waals surface area contributed by atoms with E-state index < -0.39 is 0 Å². The predicted molar refractivity (Wildman–Crippen MR) is 62.4 cm³/mol. The number of thiol groups is 1. The molecule has 0 bridgehead atoms. The summed E-state index contributed by atoms with van der Waals surface area (Å²) < 4.78 is 5.16. The second-order valence-electron chi connectivity index (χ2n) is 3.22. The lowest BCUT2D eigenvalue weighted by atomic mass is 10.2. The topological polar surface area (TPSA) is 25.0 Å². The third-order valence-corrected chi connectivity index (χ3v) is 2.49. The van der Waals surface area contributed by atoms with Crippen LogP contribution in [0.3, 0.4) is 0 Å². The lowest BCUT2D eigenvalue weighted by Gasteiger charge is -1.97. The van der Waals surface area contributed by atoms with Crippen molar-refractivity contribution >= 4 is 23.5 Å². The number of ether oxygens (including phenoxy) is 1. The molecule has 2 rings (SSSR count). The molecule has 2 nitrogen and oxygen atoms in total. The number of methoxy groups -OCH3 is 1. The van der Waals surface area contributed by atoms with Crippen LogP contribution in [0.25, 0.3) is 10.9 Å². The second kappa shape index (κ2) is 3.96. The van der Waals surface area contributed by atoms with Gasteiger partial charge in [0.1, 0.15) is 5.75 Å². The van der Waals surface area contributed by atoms with Crippen LogP contribution in [0.1, 0.15) is 5.69 Å². The van der Waals surface area contributed by atoms with Crippen molar-refractivity contribution in [3.8, 4) is 5.75 Å². The van der Waals surface area contributed by atoms with Gasteiger partial charge in [0.2, 0.25) is 0 Å². The zero-order valence-corrected chi connectivity index (χ0v) is 8.97. The van der Waals surface area contributed by atoms with Crippen molar-refractivity contribution in [1.82, 2.24) is 4.98 Å². The van der Waals surface area contributed by atoms with Gasteiger partial charge in [0.05, 0.1) is 7.11 Å². The minimum atomic E-state index is 0.865. The summed E-state index contributed by atoms with van der Waals surface area (Å²) in [6.07, 6.45) is 0.972. The molecule has 1 N–H and O–H groups in total. The van der Waals surface area contributed by atoms with E-state index in [4.69, 9.17) is 4.74 Å². The number of rotatable bonds is 3. The molecule has 1 heterocycles. The van der Waals surface area contributed by atoms with E-state index in [0.29, 0.717) is 0 Å². The van der Waals surface area contributed by atoms with E-state index in [9.17, 15) is 0 Å². The van der Waals surface area contributed by atoms with Gasteiger partial charge >= 0.3 is 0 Å². The Hall–Kier alpha value is -1.09. The van der Waals surface area contributed by atoms with Crippen molar-refractivity contribution in [3.63, 3.8) is 0 Å². The van der Waals surface area contributed by atoms with Crippen LogP contribution in [-0.4, -0.2) is 17.8 Å². The maximum atomic E-state index is 5.16. The van der Waals surface area contributed by atoms with Gasteiger partial charge in [-0.25, -0.2) is 0 Å². The highest BCUT2D eigenvalue weighted by Gasteiger charge is 2.01. The molecule has 0 unspecified atom stereocenters. The van der Waals surface area contributed by atoms with Crippen LogP contribution in [0.2, 0.25) is 0 Å². The minimum absolute atomic E-state index is 0.865. The molecule has 0 saturated heterocycles. The van der Waals surface area contributed by atoms with Crippen molar-refractivity contribution in [3.05, 3.63) is 30.0 Å². The largest absolute Gasteiger partial charge is 0.497 e. The summed E-state index contributed by atoms with van der Waals surface area (Å²) in [6.45, 7) is 0. The quantitative estimate of drug-likeness (QED) is 0.743. The molecule has 0 aliphatic carbocycles. The first kappa shape index (κ1) is 9.46. The van der Waals surface area contributed by atoms with Crippen LogP contribution < -0.4 is 4.74 Å². The highest BCUT2D eigenvalue weighted by molar-refractivity contribution is 7.80.